The molecule has 20 heavy (non-hydrogen) atoms. The minimum absolute atomic E-state index is 0.192. The van der Waals surface area contributed by atoms with E-state index in [4.69, 9.17) is 0 Å². The molecule has 0 unspecified atom stereocenters. The zero-order valence-corrected chi connectivity index (χ0v) is 14.5. The molecule has 0 bridgehead atoms. The number of rotatable bonds is 5. The van der Waals surface area contributed by atoms with E-state index in [1.807, 2.05) is 10.9 Å². The van der Waals surface area contributed by atoms with E-state index < -0.39 is 0 Å². The van der Waals surface area contributed by atoms with E-state index in [1.54, 1.807) is 0 Å². The number of nitrogens with zero attached hydrogens (tertiary/aromatic N) is 2. The Morgan fingerprint density at radius 1 is 1.15 bits per heavy atom. The molecule has 0 saturated carbocycles. The van der Waals surface area contributed by atoms with Gasteiger partial charge >= 0.3 is 0 Å². The molecule has 0 radical (unpaired) electrons. The molecular formula is C16H22IN3. The summed E-state index contributed by atoms with van der Waals surface area (Å²) in [4.78, 5) is 0. The Morgan fingerprint density at radius 3 is 2.35 bits per heavy atom. The predicted octanol–water partition coefficient (Wildman–Crippen LogP) is 3.47. The van der Waals surface area contributed by atoms with Gasteiger partial charge in [0.2, 0.25) is 0 Å². The number of hydrogen-bond donors (Lipinski definition) is 1. The molecule has 4 heteroatoms. The summed E-state index contributed by atoms with van der Waals surface area (Å²) in [6.07, 6.45) is 5.01. The molecular weight excluding hydrogens is 361 g/mol. The maximum Gasteiger partial charge on any atom is 0.0659 e. The average molecular weight is 383 g/mol. The SMILES string of the molecule is CC(C)(C)NCCc1ccc(Cn2cc(I)cn2)cc1. The van der Waals surface area contributed by atoms with Crippen molar-refractivity contribution in [2.75, 3.05) is 6.54 Å². The first-order chi connectivity index (χ1) is 9.42. The number of aromatic nitrogens is 2. The van der Waals surface area contributed by atoms with Crippen LogP contribution in [0.15, 0.2) is 36.7 Å². The van der Waals surface area contributed by atoms with Gasteiger partial charge in [0, 0.05) is 11.7 Å². The maximum absolute atomic E-state index is 4.31. The maximum atomic E-state index is 4.31. The quantitative estimate of drug-likeness (QED) is 0.802. The van der Waals surface area contributed by atoms with Crippen molar-refractivity contribution in [3.8, 4) is 0 Å². The minimum atomic E-state index is 0.192. The van der Waals surface area contributed by atoms with Gasteiger partial charge in [-0.1, -0.05) is 24.3 Å². The van der Waals surface area contributed by atoms with Crippen LogP contribution in [0.3, 0.4) is 0 Å². The molecule has 2 aromatic rings. The summed E-state index contributed by atoms with van der Waals surface area (Å²) < 4.78 is 3.14. The molecule has 0 fully saturated rings. The highest BCUT2D eigenvalue weighted by molar-refractivity contribution is 14.1. The van der Waals surface area contributed by atoms with Crippen molar-refractivity contribution in [2.24, 2.45) is 0 Å². The van der Waals surface area contributed by atoms with Crippen molar-refractivity contribution < 1.29 is 0 Å². The number of nitrogens with one attached hydrogen (secondary N) is 1. The van der Waals surface area contributed by atoms with Crippen LogP contribution in [0.4, 0.5) is 0 Å². The van der Waals surface area contributed by atoms with Crippen molar-refractivity contribution >= 4 is 22.6 Å². The molecule has 0 aliphatic carbocycles. The lowest BCUT2D eigenvalue weighted by atomic mass is 10.1. The molecule has 108 valence electrons. The van der Waals surface area contributed by atoms with Crippen LogP contribution in [0.5, 0.6) is 0 Å². The van der Waals surface area contributed by atoms with Crippen LogP contribution in [0.1, 0.15) is 31.9 Å². The summed E-state index contributed by atoms with van der Waals surface area (Å²) in [5.74, 6) is 0. The Bertz CT molecular complexity index is 538. The second-order valence-corrected chi connectivity index (χ2v) is 7.35. The van der Waals surface area contributed by atoms with Crippen LogP contribution in [-0.4, -0.2) is 21.9 Å². The Labute approximate surface area is 134 Å². The standard InChI is InChI=1S/C16H22IN3/c1-16(2,3)18-9-8-13-4-6-14(7-5-13)11-20-12-15(17)10-19-20/h4-7,10,12,18H,8-9,11H2,1-3H3. The lowest BCUT2D eigenvalue weighted by Gasteiger charge is -2.20. The molecule has 0 aliphatic rings. The first kappa shape index (κ1) is 15.5. The van der Waals surface area contributed by atoms with Crippen LogP contribution >= 0.6 is 22.6 Å². The molecule has 2 rings (SSSR count). The fourth-order valence-electron chi connectivity index (χ4n) is 2.01. The molecule has 0 spiro atoms. The van der Waals surface area contributed by atoms with Gasteiger partial charge in [0.1, 0.15) is 0 Å². The second kappa shape index (κ2) is 6.72. The van der Waals surface area contributed by atoms with Crippen molar-refractivity contribution in [3.63, 3.8) is 0 Å². The van der Waals surface area contributed by atoms with Crippen LogP contribution in [-0.2, 0) is 13.0 Å². The smallest absolute Gasteiger partial charge is 0.0659 e. The van der Waals surface area contributed by atoms with E-state index in [0.29, 0.717) is 0 Å². The number of benzene rings is 1. The Morgan fingerprint density at radius 2 is 1.80 bits per heavy atom. The lowest BCUT2D eigenvalue weighted by molar-refractivity contribution is 0.429. The van der Waals surface area contributed by atoms with Gasteiger partial charge < -0.3 is 5.32 Å². The monoisotopic (exact) mass is 383 g/mol. The summed E-state index contributed by atoms with van der Waals surface area (Å²) >= 11 is 2.28. The Kier molecular flexibility index (Phi) is 5.21. The third-order valence-electron chi connectivity index (χ3n) is 3.04. The fraction of sp³-hybridized carbons (Fsp3) is 0.438. The number of halogens is 1. The first-order valence-corrected chi connectivity index (χ1v) is 8.01. The molecule has 0 amide bonds. The summed E-state index contributed by atoms with van der Waals surface area (Å²) in [6.45, 7) is 8.44. The molecule has 1 aromatic heterocycles. The van der Waals surface area contributed by atoms with Gasteiger partial charge in [0.05, 0.1) is 16.3 Å². The third-order valence-corrected chi connectivity index (χ3v) is 3.60. The topological polar surface area (TPSA) is 29.9 Å². The van der Waals surface area contributed by atoms with Crippen molar-refractivity contribution in [3.05, 3.63) is 51.4 Å². The van der Waals surface area contributed by atoms with E-state index in [0.717, 1.165) is 19.5 Å². The minimum Gasteiger partial charge on any atom is -0.312 e. The van der Waals surface area contributed by atoms with Crippen LogP contribution < -0.4 is 5.32 Å². The summed E-state index contributed by atoms with van der Waals surface area (Å²) in [5.41, 5.74) is 2.86. The zero-order valence-electron chi connectivity index (χ0n) is 12.4. The summed E-state index contributed by atoms with van der Waals surface area (Å²) in [5, 5.41) is 7.82. The highest BCUT2D eigenvalue weighted by Gasteiger charge is 2.07. The van der Waals surface area contributed by atoms with Crippen LogP contribution in [0, 0.1) is 3.57 Å². The largest absolute Gasteiger partial charge is 0.312 e. The van der Waals surface area contributed by atoms with Crippen LogP contribution in [0.2, 0.25) is 0 Å². The molecule has 1 aromatic carbocycles. The fourth-order valence-corrected chi connectivity index (χ4v) is 2.45. The van der Waals surface area contributed by atoms with E-state index in [9.17, 15) is 0 Å². The van der Waals surface area contributed by atoms with Gasteiger partial charge in [-0.15, -0.1) is 0 Å². The van der Waals surface area contributed by atoms with Crippen LogP contribution in [0.25, 0.3) is 0 Å². The number of hydrogen-bond acceptors (Lipinski definition) is 2. The molecule has 1 N–H and O–H groups in total. The summed E-state index contributed by atoms with van der Waals surface area (Å²) in [6, 6.07) is 8.82. The second-order valence-electron chi connectivity index (χ2n) is 6.10. The lowest BCUT2D eigenvalue weighted by Crippen LogP contribution is -2.37. The van der Waals surface area contributed by atoms with Crippen molar-refractivity contribution in [1.29, 1.82) is 0 Å². The van der Waals surface area contributed by atoms with Crippen molar-refractivity contribution in [1.82, 2.24) is 15.1 Å². The molecule has 0 saturated heterocycles. The molecule has 1 heterocycles. The summed E-state index contributed by atoms with van der Waals surface area (Å²) in [7, 11) is 0. The third kappa shape index (κ3) is 5.25. The van der Waals surface area contributed by atoms with E-state index >= 15 is 0 Å². The molecule has 3 nitrogen and oxygen atoms in total. The van der Waals surface area contributed by atoms with Crippen molar-refractivity contribution in [2.45, 2.75) is 39.3 Å². The van der Waals surface area contributed by atoms with Gasteiger partial charge in [-0.25, -0.2) is 0 Å². The predicted molar refractivity (Wildman–Crippen MR) is 91.9 cm³/mol. The normalized spacial score (nSPS) is 11.8. The van der Waals surface area contributed by atoms with Gasteiger partial charge in [-0.3, -0.25) is 4.68 Å². The van der Waals surface area contributed by atoms with E-state index in [-0.39, 0.29) is 5.54 Å². The van der Waals surface area contributed by atoms with Gasteiger partial charge in [-0.2, -0.15) is 5.10 Å². The highest BCUT2D eigenvalue weighted by Crippen LogP contribution is 2.09. The van der Waals surface area contributed by atoms with Gasteiger partial charge in [0.15, 0.2) is 0 Å². The molecule has 0 atom stereocenters. The molecule has 0 aliphatic heterocycles. The Balaban J connectivity index is 1.86. The average Bonchev–Trinajstić information content (AvgIpc) is 2.75. The van der Waals surface area contributed by atoms with Gasteiger partial charge in [0.25, 0.3) is 0 Å². The highest BCUT2D eigenvalue weighted by atomic mass is 127. The van der Waals surface area contributed by atoms with Gasteiger partial charge in [-0.05, 0) is 67.5 Å². The van der Waals surface area contributed by atoms with E-state index in [2.05, 4.69) is 84.2 Å². The zero-order chi connectivity index (χ0) is 14.6. The Hall–Kier alpha value is -0.880. The van der Waals surface area contributed by atoms with E-state index in [1.165, 1.54) is 14.7 Å². The first-order valence-electron chi connectivity index (χ1n) is 6.93.